The Bertz CT molecular complexity index is 702. The second-order valence-corrected chi connectivity index (χ2v) is 5.96. The van der Waals surface area contributed by atoms with Crippen molar-refractivity contribution in [1.82, 2.24) is 10.2 Å². The molecule has 7 nitrogen and oxygen atoms in total. The van der Waals surface area contributed by atoms with Gasteiger partial charge in [0, 0.05) is 31.8 Å². The lowest BCUT2D eigenvalue weighted by Crippen LogP contribution is -2.28. The summed E-state index contributed by atoms with van der Waals surface area (Å²) in [7, 11) is 1.65. The Hall–Kier alpha value is -2.67. The van der Waals surface area contributed by atoms with Crippen molar-refractivity contribution in [2.24, 2.45) is 5.73 Å². The van der Waals surface area contributed by atoms with Crippen LogP contribution >= 0.6 is 0 Å². The van der Waals surface area contributed by atoms with E-state index in [0.717, 1.165) is 17.5 Å². The molecule has 7 heteroatoms. The summed E-state index contributed by atoms with van der Waals surface area (Å²) in [6, 6.07) is 11.1. The average Bonchev–Trinajstić information content (AvgIpc) is 2.58. The van der Waals surface area contributed by atoms with Crippen LogP contribution in [0.25, 0.3) is 11.3 Å². The van der Waals surface area contributed by atoms with Crippen molar-refractivity contribution in [2.45, 2.75) is 25.9 Å². The molecule has 0 aliphatic carbocycles. The van der Waals surface area contributed by atoms with Gasteiger partial charge in [0.15, 0.2) is 0 Å². The number of primary amides is 1. The van der Waals surface area contributed by atoms with Gasteiger partial charge in [0.25, 0.3) is 0 Å². The van der Waals surface area contributed by atoms with E-state index in [0.29, 0.717) is 24.8 Å². The first kappa shape index (κ1) is 18.7. The van der Waals surface area contributed by atoms with E-state index in [9.17, 15) is 4.79 Å². The predicted octanol–water partition coefficient (Wildman–Crippen LogP) is 2.89. The minimum Gasteiger partial charge on any atom is -0.477 e. The molecule has 0 fully saturated rings. The molecule has 2 N–H and O–H groups in total. The number of ether oxygens (including phenoxy) is 3. The van der Waals surface area contributed by atoms with Gasteiger partial charge in [0.05, 0.1) is 12.3 Å². The molecule has 0 aliphatic rings. The number of rotatable bonds is 8. The van der Waals surface area contributed by atoms with Crippen LogP contribution in [0.1, 0.15) is 25.8 Å². The van der Waals surface area contributed by atoms with Crippen LogP contribution in [0.5, 0.6) is 5.88 Å². The van der Waals surface area contributed by atoms with Crippen LogP contribution in [-0.2, 0) is 15.1 Å². The highest BCUT2D eigenvalue weighted by atomic mass is 16.6. The van der Waals surface area contributed by atoms with E-state index >= 15 is 0 Å². The molecule has 0 unspecified atom stereocenters. The smallest absolute Gasteiger partial charge is 0.405 e. The van der Waals surface area contributed by atoms with Crippen LogP contribution in [0.3, 0.4) is 0 Å². The van der Waals surface area contributed by atoms with Crippen molar-refractivity contribution in [2.75, 3.05) is 20.3 Å². The minimum atomic E-state index is -0.834. The highest BCUT2D eigenvalue weighted by Gasteiger charge is 2.24. The fourth-order valence-electron chi connectivity index (χ4n) is 2.29. The molecule has 0 radical (unpaired) electrons. The number of carbonyl (C=O) groups is 1. The van der Waals surface area contributed by atoms with Gasteiger partial charge in [-0.2, -0.15) is 0 Å². The molecule has 0 aliphatic heterocycles. The number of hydrogen-bond acceptors (Lipinski definition) is 6. The van der Waals surface area contributed by atoms with Crippen LogP contribution in [0.15, 0.2) is 36.4 Å². The highest BCUT2D eigenvalue weighted by molar-refractivity contribution is 5.66. The van der Waals surface area contributed by atoms with Crippen molar-refractivity contribution in [3.8, 4) is 17.1 Å². The SMILES string of the molecule is COCCCOc1ccc(-c2cccc(C(C)(C)OC(N)=O)c2)nn1. The molecular formula is C18H23N3O4. The molecule has 0 atom stereocenters. The summed E-state index contributed by atoms with van der Waals surface area (Å²) in [5.41, 5.74) is 6.67. The van der Waals surface area contributed by atoms with Crippen LogP contribution in [0.2, 0.25) is 0 Å². The van der Waals surface area contributed by atoms with Crippen LogP contribution in [0, 0.1) is 0 Å². The van der Waals surface area contributed by atoms with Gasteiger partial charge >= 0.3 is 6.09 Å². The fraction of sp³-hybridized carbons (Fsp3) is 0.389. The summed E-state index contributed by atoms with van der Waals surface area (Å²) >= 11 is 0. The topological polar surface area (TPSA) is 96.6 Å². The number of benzene rings is 1. The zero-order valence-corrected chi connectivity index (χ0v) is 14.7. The summed E-state index contributed by atoms with van der Waals surface area (Å²) in [5, 5.41) is 8.27. The third-order valence-corrected chi connectivity index (χ3v) is 3.59. The van der Waals surface area contributed by atoms with E-state index in [1.54, 1.807) is 27.0 Å². The van der Waals surface area contributed by atoms with Crippen LogP contribution in [0.4, 0.5) is 4.79 Å². The summed E-state index contributed by atoms with van der Waals surface area (Å²) in [5.74, 6) is 0.466. The average molecular weight is 345 g/mol. The van der Waals surface area contributed by atoms with E-state index in [2.05, 4.69) is 10.2 Å². The first-order chi connectivity index (χ1) is 11.9. The molecule has 2 rings (SSSR count). The van der Waals surface area contributed by atoms with E-state index in [4.69, 9.17) is 19.9 Å². The maximum atomic E-state index is 11.1. The van der Waals surface area contributed by atoms with Gasteiger partial charge in [-0.15, -0.1) is 10.2 Å². The molecule has 1 aromatic heterocycles. The van der Waals surface area contributed by atoms with Gasteiger partial charge in [-0.05, 0) is 31.5 Å². The molecule has 1 heterocycles. The van der Waals surface area contributed by atoms with Crippen molar-refractivity contribution in [3.63, 3.8) is 0 Å². The van der Waals surface area contributed by atoms with Gasteiger partial charge in [-0.25, -0.2) is 4.79 Å². The molecule has 0 bridgehead atoms. The fourth-order valence-corrected chi connectivity index (χ4v) is 2.29. The normalized spacial score (nSPS) is 11.2. The Morgan fingerprint density at radius 3 is 2.60 bits per heavy atom. The number of methoxy groups -OCH3 is 1. The number of amides is 1. The number of nitrogens with two attached hydrogens (primary N) is 1. The molecule has 25 heavy (non-hydrogen) atoms. The van der Waals surface area contributed by atoms with Crippen molar-refractivity contribution in [1.29, 1.82) is 0 Å². The quantitative estimate of drug-likeness (QED) is 0.739. The van der Waals surface area contributed by atoms with Gasteiger partial charge in [0.2, 0.25) is 5.88 Å². The number of hydrogen-bond donors (Lipinski definition) is 1. The minimum absolute atomic E-state index is 0.466. The van der Waals surface area contributed by atoms with Crippen LogP contribution in [-0.4, -0.2) is 36.6 Å². The summed E-state index contributed by atoms with van der Waals surface area (Å²) in [6.07, 6.45) is -0.0260. The van der Waals surface area contributed by atoms with Gasteiger partial charge in [0.1, 0.15) is 5.60 Å². The molecule has 0 spiro atoms. The number of nitrogens with zero attached hydrogens (tertiary/aromatic N) is 2. The Kier molecular flexibility index (Phi) is 6.30. The summed E-state index contributed by atoms with van der Waals surface area (Å²) < 4.78 is 15.6. The second kappa shape index (κ2) is 8.43. The van der Waals surface area contributed by atoms with Crippen molar-refractivity contribution < 1.29 is 19.0 Å². The Balaban J connectivity index is 2.11. The molecule has 2 aromatic rings. The molecule has 1 aromatic carbocycles. The zero-order valence-electron chi connectivity index (χ0n) is 14.7. The molecule has 134 valence electrons. The first-order valence-corrected chi connectivity index (χ1v) is 7.97. The highest BCUT2D eigenvalue weighted by Crippen LogP contribution is 2.28. The summed E-state index contributed by atoms with van der Waals surface area (Å²) in [6.45, 7) is 4.72. The lowest BCUT2D eigenvalue weighted by Gasteiger charge is -2.24. The van der Waals surface area contributed by atoms with Gasteiger partial charge < -0.3 is 19.9 Å². The largest absolute Gasteiger partial charge is 0.477 e. The van der Waals surface area contributed by atoms with Gasteiger partial charge in [-0.1, -0.05) is 18.2 Å². The van der Waals surface area contributed by atoms with Crippen LogP contribution < -0.4 is 10.5 Å². The Morgan fingerprint density at radius 2 is 1.96 bits per heavy atom. The van der Waals surface area contributed by atoms with E-state index < -0.39 is 11.7 Å². The van der Waals surface area contributed by atoms with Crippen molar-refractivity contribution >= 4 is 6.09 Å². The monoisotopic (exact) mass is 345 g/mol. The van der Waals surface area contributed by atoms with E-state index in [1.165, 1.54) is 0 Å². The lowest BCUT2D eigenvalue weighted by molar-refractivity contribution is 0.0433. The second-order valence-electron chi connectivity index (χ2n) is 5.96. The van der Waals surface area contributed by atoms with Crippen molar-refractivity contribution in [3.05, 3.63) is 42.0 Å². The summed E-state index contributed by atoms with van der Waals surface area (Å²) in [4.78, 5) is 11.1. The molecule has 0 saturated carbocycles. The number of carbonyl (C=O) groups excluding carboxylic acids is 1. The first-order valence-electron chi connectivity index (χ1n) is 7.97. The Labute approximate surface area is 147 Å². The maximum absolute atomic E-state index is 11.1. The molecule has 0 saturated heterocycles. The zero-order chi connectivity index (χ0) is 18.3. The third kappa shape index (κ3) is 5.42. The lowest BCUT2D eigenvalue weighted by atomic mass is 9.95. The molecular weight excluding hydrogens is 322 g/mol. The van der Waals surface area contributed by atoms with E-state index in [1.807, 2.05) is 30.3 Å². The maximum Gasteiger partial charge on any atom is 0.405 e. The molecule has 1 amide bonds. The Morgan fingerprint density at radius 1 is 1.16 bits per heavy atom. The predicted molar refractivity (Wildman–Crippen MR) is 93.2 cm³/mol. The number of aromatic nitrogens is 2. The third-order valence-electron chi connectivity index (χ3n) is 3.59. The standard InChI is InChI=1S/C18H23N3O4/c1-18(2,25-17(19)22)14-7-4-6-13(12-14)15-8-9-16(21-20-15)24-11-5-10-23-3/h4,6-9,12H,5,10-11H2,1-3H3,(H2,19,22). The van der Waals surface area contributed by atoms with Gasteiger partial charge in [-0.3, -0.25) is 0 Å². The van der Waals surface area contributed by atoms with E-state index in [-0.39, 0.29) is 0 Å².